The lowest BCUT2D eigenvalue weighted by molar-refractivity contribution is -0.132. The molecular formula is C22H32N4O2. The van der Waals surface area contributed by atoms with Gasteiger partial charge in [-0.3, -0.25) is 9.69 Å². The molecule has 2 aromatic rings. The average molecular weight is 385 g/mol. The number of amides is 1. The van der Waals surface area contributed by atoms with E-state index in [0.29, 0.717) is 18.9 Å². The molecular weight excluding hydrogens is 352 g/mol. The molecule has 1 aliphatic rings. The summed E-state index contributed by atoms with van der Waals surface area (Å²) in [6, 6.07) is 7.84. The monoisotopic (exact) mass is 384 g/mol. The second kappa shape index (κ2) is 9.73. The third-order valence-corrected chi connectivity index (χ3v) is 5.24. The number of nitrogens with zero attached hydrogens (tertiary/aromatic N) is 4. The van der Waals surface area contributed by atoms with E-state index in [9.17, 15) is 4.79 Å². The maximum absolute atomic E-state index is 12.6. The Labute approximate surface area is 168 Å². The molecule has 0 aliphatic carbocycles. The number of ether oxygens (including phenoxy) is 1. The van der Waals surface area contributed by atoms with Crippen LogP contribution in [-0.2, 0) is 17.8 Å². The standard InChI is InChI=1S/C22H32N4O2/c1-4-28-20-7-5-19(6-8-20)17-21(27)25-14-11-24(12-15-25)13-16-26-10-9-23-22(26)18(2)3/h5-10,18H,4,11-17H2,1-3H3. The van der Waals surface area contributed by atoms with E-state index < -0.39 is 0 Å². The number of hydrogen-bond acceptors (Lipinski definition) is 4. The number of benzene rings is 1. The van der Waals surface area contributed by atoms with Crippen LogP contribution in [0.4, 0.5) is 0 Å². The van der Waals surface area contributed by atoms with Crippen LogP contribution in [-0.4, -0.2) is 64.6 Å². The normalized spacial score (nSPS) is 15.2. The summed E-state index contributed by atoms with van der Waals surface area (Å²) in [4.78, 5) is 21.5. The Kier molecular flexibility index (Phi) is 7.09. The topological polar surface area (TPSA) is 50.6 Å². The van der Waals surface area contributed by atoms with Crippen molar-refractivity contribution in [3.8, 4) is 5.75 Å². The number of carbonyl (C=O) groups is 1. The predicted octanol–water partition coefficient (Wildman–Crippen LogP) is 2.79. The van der Waals surface area contributed by atoms with Crippen LogP contribution in [0.1, 0.15) is 38.1 Å². The fourth-order valence-corrected chi connectivity index (χ4v) is 3.64. The molecule has 1 amide bonds. The molecule has 0 saturated carbocycles. The van der Waals surface area contributed by atoms with Gasteiger partial charge >= 0.3 is 0 Å². The van der Waals surface area contributed by atoms with Gasteiger partial charge in [0, 0.05) is 57.6 Å². The number of rotatable bonds is 8. The lowest BCUT2D eigenvalue weighted by Crippen LogP contribution is -2.49. The van der Waals surface area contributed by atoms with Gasteiger partial charge in [-0.25, -0.2) is 4.98 Å². The first-order chi connectivity index (χ1) is 13.6. The van der Waals surface area contributed by atoms with Crippen LogP contribution in [0.5, 0.6) is 5.75 Å². The van der Waals surface area contributed by atoms with Crippen LogP contribution in [0.25, 0.3) is 0 Å². The quantitative estimate of drug-likeness (QED) is 0.702. The summed E-state index contributed by atoms with van der Waals surface area (Å²) in [5.41, 5.74) is 1.04. The maximum Gasteiger partial charge on any atom is 0.227 e. The van der Waals surface area contributed by atoms with Gasteiger partial charge in [0.25, 0.3) is 0 Å². The van der Waals surface area contributed by atoms with Crippen LogP contribution >= 0.6 is 0 Å². The molecule has 0 atom stereocenters. The van der Waals surface area contributed by atoms with Crippen molar-refractivity contribution in [2.45, 2.75) is 39.7 Å². The zero-order valence-corrected chi connectivity index (χ0v) is 17.3. The Hall–Kier alpha value is -2.34. The number of carbonyl (C=O) groups excluding carboxylic acids is 1. The summed E-state index contributed by atoms with van der Waals surface area (Å²) >= 11 is 0. The molecule has 1 fully saturated rings. The molecule has 0 bridgehead atoms. The first-order valence-electron chi connectivity index (χ1n) is 10.3. The zero-order valence-electron chi connectivity index (χ0n) is 17.3. The highest BCUT2D eigenvalue weighted by atomic mass is 16.5. The molecule has 152 valence electrons. The molecule has 0 unspecified atom stereocenters. The lowest BCUT2D eigenvalue weighted by Gasteiger charge is -2.35. The highest BCUT2D eigenvalue weighted by Crippen LogP contribution is 2.14. The number of imidazole rings is 1. The van der Waals surface area contributed by atoms with E-state index in [2.05, 4.69) is 34.5 Å². The molecule has 2 heterocycles. The molecule has 1 aromatic heterocycles. The average Bonchev–Trinajstić information content (AvgIpc) is 3.17. The summed E-state index contributed by atoms with van der Waals surface area (Å²) in [6.45, 7) is 12.4. The first kappa shape index (κ1) is 20.4. The van der Waals surface area contributed by atoms with Gasteiger partial charge in [-0.05, 0) is 24.6 Å². The van der Waals surface area contributed by atoms with Crippen molar-refractivity contribution < 1.29 is 9.53 Å². The molecule has 3 rings (SSSR count). The van der Waals surface area contributed by atoms with Gasteiger partial charge in [0.15, 0.2) is 0 Å². The summed E-state index contributed by atoms with van der Waals surface area (Å²) in [5, 5.41) is 0. The smallest absolute Gasteiger partial charge is 0.227 e. The van der Waals surface area contributed by atoms with Crippen LogP contribution in [0.3, 0.4) is 0 Å². The van der Waals surface area contributed by atoms with Crippen molar-refractivity contribution in [2.75, 3.05) is 39.3 Å². The van der Waals surface area contributed by atoms with E-state index in [1.165, 1.54) is 0 Å². The Morgan fingerprint density at radius 3 is 2.46 bits per heavy atom. The summed E-state index contributed by atoms with van der Waals surface area (Å²) in [5.74, 6) is 2.64. The second-order valence-electron chi connectivity index (χ2n) is 7.61. The second-order valence-corrected chi connectivity index (χ2v) is 7.61. The number of aromatic nitrogens is 2. The summed E-state index contributed by atoms with van der Waals surface area (Å²) in [7, 11) is 0. The minimum atomic E-state index is 0.209. The van der Waals surface area contributed by atoms with Gasteiger partial charge in [0.2, 0.25) is 5.91 Å². The minimum absolute atomic E-state index is 0.209. The molecule has 1 saturated heterocycles. The van der Waals surface area contributed by atoms with Gasteiger partial charge in [-0.15, -0.1) is 0 Å². The SMILES string of the molecule is CCOc1ccc(CC(=O)N2CCN(CCn3ccnc3C(C)C)CC2)cc1. The predicted molar refractivity (Wildman–Crippen MR) is 111 cm³/mol. The third-order valence-electron chi connectivity index (χ3n) is 5.24. The number of hydrogen-bond donors (Lipinski definition) is 0. The van der Waals surface area contributed by atoms with E-state index in [4.69, 9.17) is 4.74 Å². The van der Waals surface area contributed by atoms with E-state index >= 15 is 0 Å². The first-order valence-corrected chi connectivity index (χ1v) is 10.3. The fourth-order valence-electron chi connectivity index (χ4n) is 3.64. The highest BCUT2D eigenvalue weighted by molar-refractivity contribution is 5.78. The highest BCUT2D eigenvalue weighted by Gasteiger charge is 2.21. The van der Waals surface area contributed by atoms with Gasteiger partial charge in [-0.1, -0.05) is 26.0 Å². The largest absolute Gasteiger partial charge is 0.494 e. The zero-order chi connectivity index (χ0) is 19.9. The van der Waals surface area contributed by atoms with Gasteiger partial charge in [-0.2, -0.15) is 0 Å². The molecule has 0 radical (unpaired) electrons. The van der Waals surface area contributed by atoms with Crippen molar-refractivity contribution in [2.24, 2.45) is 0 Å². The number of piperazine rings is 1. The van der Waals surface area contributed by atoms with E-state index in [1.54, 1.807) is 0 Å². The Bertz CT molecular complexity index is 746. The van der Waals surface area contributed by atoms with E-state index in [0.717, 1.165) is 56.4 Å². The van der Waals surface area contributed by atoms with Crippen LogP contribution in [0.15, 0.2) is 36.7 Å². The van der Waals surface area contributed by atoms with Crippen LogP contribution < -0.4 is 4.74 Å². The molecule has 1 aliphatic heterocycles. The van der Waals surface area contributed by atoms with Crippen molar-refractivity contribution >= 4 is 5.91 Å². The van der Waals surface area contributed by atoms with E-state index in [-0.39, 0.29) is 5.91 Å². The molecule has 0 spiro atoms. The van der Waals surface area contributed by atoms with Crippen molar-refractivity contribution in [3.05, 3.63) is 48.0 Å². The lowest BCUT2D eigenvalue weighted by atomic mass is 10.1. The van der Waals surface area contributed by atoms with Gasteiger partial charge in [0.1, 0.15) is 11.6 Å². The Balaban J connectivity index is 1.43. The Morgan fingerprint density at radius 1 is 1.11 bits per heavy atom. The molecule has 28 heavy (non-hydrogen) atoms. The maximum atomic E-state index is 12.6. The Morgan fingerprint density at radius 2 is 1.82 bits per heavy atom. The van der Waals surface area contributed by atoms with Crippen LogP contribution in [0, 0.1) is 0 Å². The third kappa shape index (κ3) is 5.35. The molecule has 1 aromatic carbocycles. The van der Waals surface area contributed by atoms with Crippen molar-refractivity contribution in [3.63, 3.8) is 0 Å². The van der Waals surface area contributed by atoms with Gasteiger partial charge < -0.3 is 14.2 Å². The summed E-state index contributed by atoms with van der Waals surface area (Å²) in [6.07, 6.45) is 4.40. The van der Waals surface area contributed by atoms with Gasteiger partial charge in [0.05, 0.1) is 13.0 Å². The van der Waals surface area contributed by atoms with Crippen LogP contribution in [0.2, 0.25) is 0 Å². The molecule has 6 nitrogen and oxygen atoms in total. The molecule has 6 heteroatoms. The van der Waals surface area contributed by atoms with E-state index in [1.807, 2.05) is 42.3 Å². The fraction of sp³-hybridized carbons (Fsp3) is 0.545. The summed E-state index contributed by atoms with van der Waals surface area (Å²) < 4.78 is 7.70. The van der Waals surface area contributed by atoms with Crippen molar-refractivity contribution in [1.29, 1.82) is 0 Å². The van der Waals surface area contributed by atoms with Crippen molar-refractivity contribution in [1.82, 2.24) is 19.4 Å². The molecule has 0 N–H and O–H groups in total. The minimum Gasteiger partial charge on any atom is -0.494 e.